The Kier molecular flexibility index (Phi) is 7.15. The molecule has 3 aromatic heterocycles. The molecule has 0 amide bonds. The molecule has 2 saturated carbocycles. The molecule has 192 valence electrons. The molecule has 0 bridgehead atoms. The zero-order chi connectivity index (χ0) is 25.1. The van der Waals surface area contributed by atoms with Gasteiger partial charge in [-0.15, -0.1) is 10.2 Å². The van der Waals surface area contributed by atoms with E-state index in [4.69, 9.17) is 9.72 Å². The van der Waals surface area contributed by atoms with Crippen LogP contribution in [0.1, 0.15) is 75.2 Å². The van der Waals surface area contributed by atoms with Gasteiger partial charge in [0, 0.05) is 7.05 Å². The van der Waals surface area contributed by atoms with E-state index in [-0.39, 0.29) is 12.0 Å². The Morgan fingerprint density at radius 1 is 1.17 bits per heavy atom. The number of aliphatic carboxylic acids is 1. The van der Waals surface area contributed by atoms with Crippen molar-refractivity contribution in [1.82, 2.24) is 35.0 Å². The largest absolute Gasteiger partial charge is 0.489 e. The molecule has 0 unspecified atom stereocenters. The van der Waals surface area contributed by atoms with Gasteiger partial charge >= 0.3 is 5.97 Å². The lowest BCUT2D eigenvalue weighted by Crippen LogP contribution is -2.29. The number of carboxylic acid groups (broad SMARTS) is 1. The summed E-state index contributed by atoms with van der Waals surface area (Å²) in [6, 6.07) is 4.16. The Labute approximate surface area is 210 Å². The molecule has 5 rings (SSSR count). The number of ether oxygens (including phenoxy) is 1. The van der Waals surface area contributed by atoms with Crippen molar-refractivity contribution in [2.45, 2.75) is 83.4 Å². The van der Waals surface area contributed by atoms with Crippen LogP contribution in [0.25, 0.3) is 11.4 Å². The number of aromatic nitrogens is 7. The van der Waals surface area contributed by atoms with Crippen LogP contribution < -0.4 is 10.1 Å². The molecule has 36 heavy (non-hydrogen) atoms. The summed E-state index contributed by atoms with van der Waals surface area (Å²) in [7, 11) is 1.86. The number of hydrogen-bond donors (Lipinski definition) is 2. The number of pyridine rings is 1. The summed E-state index contributed by atoms with van der Waals surface area (Å²) in [5.41, 5.74) is 3.04. The second-order valence-electron chi connectivity index (χ2n) is 9.93. The summed E-state index contributed by atoms with van der Waals surface area (Å²) in [5, 5.41) is 30.4. The minimum absolute atomic E-state index is 0.107. The van der Waals surface area contributed by atoms with Gasteiger partial charge < -0.3 is 15.2 Å². The van der Waals surface area contributed by atoms with Gasteiger partial charge in [-0.3, -0.25) is 4.79 Å². The summed E-state index contributed by atoms with van der Waals surface area (Å²) >= 11 is 0. The van der Waals surface area contributed by atoms with Crippen molar-refractivity contribution in [2.75, 3.05) is 5.32 Å². The molecule has 2 aliphatic carbocycles. The summed E-state index contributed by atoms with van der Waals surface area (Å²) < 4.78 is 7.89. The molecule has 3 aromatic rings. The molecule has 11 nitrogen and oxygen atoms in total. The van der Waals surface area contributed by atoms with E-state index in [0.717, 1.165) is 42.9 Å². The molecule has 3 heterocycles. The fraction of sp³-hybridized carbons (Fsp3) is 0.600. The number of anilines is 1. The van der Waals surface area contributed by atoms with Gasteiger partial charge in [-0.1, -0.05) is 24.5 Å². The van der Waals surface area contributed by atoms with Crippen molar-refractivity contribution in [3.05, 3.63) is 29.7 Å². The molecule has 0 radical (unpaired) electrons. The maximum absolute atomic E-state index is 11.4. The predicted octanol–water partition coefficient (Wildman–Crippen LogP) is 3.92. The lowest BCUT2D eigenvalue weighted by Gasteiger charge is -2.27. The van der Waals surface area contributed by atoms with E-state index in [1.54, 1.807) is 10.9 Å². The zero-order valence-corrected chi connectivity index (χ0v) is 20.9. The van der Waals surface area contributed by atoms with Gasteiger partial charge in [-0.05, 0) is 57.6 Å². The van der Waals surface area contributed by atoms with Crippen LogP contribution in [0.5, 0.6) is 5.75 Å². The molecule has 11 heteroatoms. The summed E-state index contributed by atoms with van der Waals surface area (Å²) in [6.45, 7) is 2.38. The van der Waals surface area contributed by atoms with Crippen molar-refractivity contribution in [3.63, 3.8) is 0 Å². The molecule has 2 atom stereocenters. The Morgan fingerprint density at radius 2 is 2.00 bits per heavy atom. The first kappa shape index (κ1) is 24.2. The average molecular weight is 495 g/mol. The number of hydrogen-bond acceptors (Lipinski definition) is 8. The Hall–Kier alpha value is -3.50. The van der Waals surface area contributed by atoms with Crippen LogP contribution in [-0.4, -0.2) is 52.2 Å². The molecular formula is C25H34N8O3. The topological polar surface area (TPSA) is 133 Å². The van der Waals surface area contributed by atoms with Crippen molar-refractivity contribution < 1.29 is 14.6 Å². The van der Waals surface area contributed by atoms with E-state index < -0.39 is 5.97 Å². The van der Waals surface area contributed by atoms with Gasteiger partial charge in [-0.2, -0.15) is 9.90 Å². The lowest BCUT2D eigenvalue weighted by atomic mass is 9.87. The van der Waals surface area contributed by atoms with Gasteiger partial charge in [0.05, 0.1) is 47.9 Å². The third-order valence-corrected chi connectivity index (χ3v) is 7.34. The van der Waals surface area contributed by atoms with E-state index in [2.05, 4.69) is 25.8 Å². The van der Waals surface area contributed by atoms with Crippen molar-refractivity contribution in [3.8, 4) is 17.1 Å². The van der Waals surface area contributed by atoms with Gasteiger partial charge in [0.25, 0.3) is 0 Å². The molecule has 0 spiro atoms. The maximum atomic E-state index is 11.4. The van der Waals surface area contributed by atoms with E-state index >= 15 is 0 Å². The number of carbonyl (C=O) groups is 1. The minimum Gasteiger partial charge on any atom is -0.489 e. The third kappa shape index (κ3) is 5.34. The summed E-state index contributed by atoms with van der Waals surface area (Å²) in [6.07, 6.45) is 10.7. The number of aryl methyl sites for hydroxylation is 2. The summed E-state index contributed by atoms with van der Waals surface area (Å²) in [4.78, 5) is 18.0. The SMILES string of the molecule is Cc1nc(-c2nnn(C)c2CNc2cnn(C3CCCCC3)n2)ccc1O[C@H]1CCC[C@H](C(=O)O)C1. The predicted molar refractivity (Wildman–Crippen MR) is 132 cm³/mol. The Balaban J connectivity index is 1.26. The highest BCUT2D eigenvalue weighted by molar-refractivity contribution is 5.70. The van der Waals surface area contributed by atoms with Crippen LogP contribution >= 0.6 is 0 Å². The van der Waals surface area contributed by atoms with Gasteiger partial charge in [0.1, 0.15) is 11.4 Å². The van der Waals surface area contributed by atoms with Gasteiger partial charge in [-0.25, -0.2) is 9.67 Å². The summed E-state index contributed by atoms with van der Waals surface area (Å²) in [5.74, 6) is 0.328. The quantitative estimate of drug-likeness (QED) is 0.478. The molecule has 0 saturated heterocycles. The van der Waals surface area contributed by atoms with E-state index in [0.29, 0.717) is 42.6 Å². The standard InChI is InChI=1S/C25H34N8O3/c1-16-22(36-19-10-6-7-17(13-19)25(34)35)12-11-20(28-16)24-21(32(2)31-29-24)14-26-23-15-27-33(30-23)18-8-4-3-5-9-18/h11-12,15,17-19H,3-10,13-14H2,1-2H3,(H,26,30)(H,34,35)/t17-,19-/m0/s1. The van der Waals surface area contributed by atoms with Crippen LogP contribution in [0.2, 0.25) is 0 Å². The van der Waals surface area contributed by atoms with Crippen LogP contribution in [-0.2, 0) is 18.4 Å². The number of carboxylic acids is 1. The van der Waals surface area contributed by atoms with Crippen LogP contribution in [0.3, 0.4) is 0 Å². The first-order valence-electron chi connectivity index (χ1n) is 12.9. The lowest BCUT2D eigenvalue weighted by molar-refractivity contribution is -0.143. The Bertz CT molecular complexity index is 1200. The molecule has 2 aliphatic rings. The first-order chi connectivity index (χ1) is 17.5. The smallest absolute Gasteiger partial charge is 0.306 e. The fourth-order valence-corrected chi connectivity index (χ4v) is 5.25. The number of nitrogens with zero attached hydrogens (tertiary/aromatic N) is 7. The van der Waals surface area contributed by atoms with Crippen molar-refractivity contribution in [2.24, 2.45) is 13.0 Å². The second-order valence-corrected chi connectivity index (χ2v) is 9.93. The highest BCUT2D eigenvalue weighted by Crippen LogP contribution is 2.31. The van der Waals surface area contributed by atoms with Crippen molar-refractivity contribution >= 4 is 11.8 Å². The normalized spacial score (nSPS) is 20.8. The van der Waals surface area contributed by atoms with Crippen LogP contribution in [0.4, 0.5) is 5.82 Å². The number of nitrogens with one attached hydrogen (secondary N) is 1. The minimum atomic E-state index is -0.742. The third-order valence-electron chi connectivity index (χ3n) is 7.34. The second kappa shape index (κ2) is 10.6. The monoisotopic (exact) mass is 494 g/mol. The van der Waals surface area contributed by atoms with E-state index in [1.807, 2.05) is 30.9 Å². The molecular weight excluding hydrogens is 460 g/mol. The molecule has 2 fully saturated rings. The van der Waals surface area contributed by atoms with Crippen molar-refractivity contribution in [1.29, 1.82) is 0 Å². The average Bonchev–Trinajstić information content (AvgIpc) is 3.51. The number of rotatable bonds is 8. The fourth-order valence-electron chi connectivity index (χ4n) is 5.25. The highest BCUT2D eigenvalue weighted by Gasteiger charge is 2.28. The highest BCUT2D eigenvalue weighted by atomic mass is 16.5. The molecule has 0 aromatic carbocycles. The van der Waals surface area contributed by atoms with Crippen LogP contribution in [0.15, 0.2) is 18.3 Å². The molecule has 2 N–H and O–H groups in total. The molecule has 0 aliphatic heterocycles. The van der Waals surface area contributed by atoms with Gasteiger partial charge in [0.15, 0.2) is 5.82 Å². The van der Waals surface area contributed by atoms with E-state index in [9.17, 15) is 9.90 Å². The van der Waals surface area contributed by atoms with Gasteiger partial charge in [0.2, 0.25) is 0 Å². The maximum Gasteiger partial charge on any atom is 0.306 e. The zero-order valence-electron chi connectivity index (χ0n) is 20.9. The Morgan fingerprint density at radius 3 is 2.78 bits per heavy atom. The first-order valence-corrected chi connectivity index (χ1v) is 12.9. The van der Waals surface area contributed by atoms with Crippen LogP contribution in [0, 0.1) is 12.8 Å². The van der Waals surface area contributed by atoms with E-state index in [1.165, 1.54) is 19.3 Å².